The quantitative estimate of drug-likeness (QED) is 0.255. The van der Waals surface area contributed by atoms with Crippen molar-refractivity contribution in [3.63, 3.8) is 0 Å². The Kier molecular flexibility index (Phi) is 7.13. The minimum atomic E-state index is -3.78. The minimum absolute atomic E-state index is 0.0568. The number of amides is 1. The number of anilines is 1. The minimum Gasteiger partial charge on any atom is -0.493 e. The van der Waals surface area contributed by atoms with Gasteiger partial charge in [0.25, 0.3) is 5.91 Å². The molecule has 1 aromatic carbocycles. The predicted molar refractivity (Wildman–Crippen MR) is 108 cm³/mol. The van der Waals surface area contributed by atoms with Gasteiger partial charge in [-0.2, -0.15) is 13.7 Å². The number of benzene rings is 1. The Balaban J connectivity index is 2.27. The average Bonchev–Trinajstić information content (AvgIpc) is 3.15. The van der Waals surface area contributed by atoms with Gasteiger partial charge in [-0.3, -0.25) is 10.1 Å². The van der Waals surface area contributed by atoms with E-state index in [4.69, 9.17) is 8.92 Å². The van der Waals surface area contributed by atoms with Crippen molar-refractivity contribution < 1.29 is 30.6 Å². The first-order valence-electron chi connectivity index (χ1n) is 8.06. The smallest absolute Gasteiger partial charge is 0.306 e. The highest BCUT2D eigenvalue weighted by Crippen LogP contribution is 2.30. The second kappa shape index (κ2) is 9.20. The molecule has 0 aliphatic carbocycles. The number of ether oxygens (including phenoxy) is 1. The predicted octanol–water partition coefficient (Wildman–Crippen LogP) is 1.22. The molecule has 0 saturated heterocycles. The summed E-state index contributed by atoms with van der Waals surface area (Å²) in [6.45, 7) is 1.45. The Bertz CT molecular complexity index is 1240. The fourth-order valence-electron chi connectivity index (χ4n) is 2.00. The first-order valence-corrected chi connectivity index (χ1v) is 12.3. The van der Waals surface area contributed by atoms with Crippen LogP contribution in [0.3, 0.4) is 0 Å². The number of carbonyl (C=O) groups excluding carboxylic acids is 1. The summed E-state index contributed by atoms with van der Waals surface area (Å²) < 4.78 is 55.8. The molecule has 160 valence electrons. The van der Waals surface area contributed by atoms with Crippen molar-refractivity contribution in [1.82, 2.24) is 10.2 Å². The third-order valence-electron chi connectivity index (χ3n) is 3.38. The molecular weight excluding hydrogens is 456 g/mol. The Hall–Kier alpha value is -3.02. The molecule has 0 radical (unpaired) electrons. The van der Waals surface area contributed by atoms with E-state index in [0.717, 1.165) is 6.26 Å². The normalized spacial score (nSPS) is 12.1. The molecule has 1 amide bonds. The van der Waals surface area contributed by atoms with Crippen LogP contribution in [0.1, 0.15) is 12.5 Å². The number of carbonyl (C=O) groups is 1. The van der Waals surface area contributed by atoms with Crippen LogP contribution in [0.15, 0.2) is 28.1 Å². The zero-order chi connectivity index (χ0) is 22.5. The highest BCUT2D eigenvalue weighted by Gasteiger charge is 2.20. The summed E-state index contributed by atoms with van der Waals surface area (Å²) in [6, 6.07) is 5.84. The second-order valence-electron chi connectivity index (χ2n) is 5.60. The molecule has 0 atom stereocenters. The van der Waals surface area contributed by atoms with E-state index in [1.807, 2.05) is 0 Å². The van der Waals surface area contributed by atoms with E-state index in [1.165, 1.54) is 38.3 Å². The van der Waals surface area contributed by atoms with Crippen LogP contribution in [-0.2, 0) is 24.7 Å². The molecule has 0 saturated carbocycles. The van der Waals surface area contributed by atoms with E-state index >= 15 is 0 Å². The van der Waals surface area contributed by atoms with Gasteiger partial charge in [0.1, 0.15) is 11.6 Å². The number of nitriles is 1. The molecule has 1 aromatic heterocycles. The lowest BCUT2D eigenvalue weighted by Gasteiger charge is -2.09. The molecule has 1 N–H and O–H groups in total. The van der Waals surface area contributed by atoms with E-state index in [2.05, 4.69) is 15.5 Å². The molecule has 0 bridgehead atoms. The van der Waals surface area contributed by atoms with Crippen LogP contribution in [0, 0.1) is 11.3 Å². The number of rotatable bonds is 8. The van der Waals surface area contributed by atoms with Gasteiger partial charge in [0.2, 0.25) is 19.3 Å². The number of nitrogens with one attached hydrogen (secondary N) is 1. The second-order valence-corrected chi connectivity index (χ2v) is 10.6. The van der Waals surface area contributed by atoms with Gasteiger partial charge in [0.05, 0.1) is 19.1 Å². The Morgan fingerprint density at radius 3 is 2.53 bits per heavy atom. The van der Waals surface area contributed by atoms with Crippen LogP contribution in [0.25, 0.3) is 6.08 Å². The van der Waals surface area contributed by atoms with Gasteiger partial charge in [-0.25, -0.2) is 8.42 Å². The van der Waals surface area contributed by atoms with Gasteiger partial charge in [0, 0.05) is 0 Å². The molecule has 0 fully saturated rings. The molecule has 2 aromatic rings. The zero-order valence-corrected chi connectivity index (χ0v) is 18.4. The van der Waals surface area contributed by atoms with Crippen molar-refractivity contribution >= 4 is 48.4 Å². The third kappa shape index (κ3) is 5.99. The Labute approximate surface area is 177 Å². The third-order valence-corrected chi connectivity index (χ3v) is 6.88. The van der Waals surface area contributed by atoms with Gasteiger partial charge in [-0.05, 0) is 23.8 Å². The first kappa shape index (κ1) is 23.3. The molecule has 0 spiro atoms. The van der Waals surface area contributed by atoms with E-state index in [9.17, 15) is 26.9 Å². The molecule has 30 heavy (non-hydrogen) atoms. The van der Waals surface area contributed by atoms with Gasteiger partial charge >= 0.3 is 10.1 Å². The SMILES string of the molecule is CCS(=O)(=O)c1nnc(NC(=O)C(C#N)=Cc2ccc(OS(C)(=O)=O)c(OC)c2)s1. The van der Waals surface area contributed by atoms with Crippen molar-refractivity contribution in [1.29, 1.82) is 5.26 Å². The largest absolute Gasteiger partial charge is 0.493 e. The van der Waals surface area contributed by atoms with Gasteiger partial charge < -0.3 is 8.92 Å². The van der Waals surface area contributed by atoms with Crippen molar-refractivity contribution in [2.45, 2.75) is 11.3 Å². The van der Waals surface area contributed by atoms with Crippen molar-refractivity contribution in [3.05, 3.63) is 29.3 Å². The summed E-state index contributed by atoms with van der Waals surface area (Å²) >= 11 is 0.668. The summed E-state index contributed by atoms with van der Waals surface area (Å²) in [5.41, 5.74) is 0.0369. The highest BCUT2D eigenvalue weighted by molar-refractivity contribution is 7.93. The fraction of sp³-hybridized carbons (Fsp3) is 0.250. The van der Waals surface area contributed by atoms with E-state index in [0.29, 0.717) is 16.9 Å². The van der Waals surface area contributed by atoms with Crippen LogP contribution in [0.2, 0.25) is 0 Å². The van der Waals surface area contributed by atoms with E-state index < -0.39 is 25.9 Å². The Morgan fingerprint density at radius 2 is 1.97 bits per heavy atom. The summed E-state index contributed by atoms with van der Waals surface area (Å²) in [4.78, 5) is 12.3. The molecule has 1 heterocycles. The highest BCUT2D eigenvalue weighted by atomic mass is 32.2. The van der Waals surface area contributed by atoms with Crippen LogP contribution in [-0.4, -0.2) is 52.1 Å². The monoisotopic (exact) mass is 472 g/mol. The number of methoxy groups -OCH3 is 1. The van der Waals surface area contributed by atoms with Crippen LogP contribution >= 0.6 is 11.3 Å². The van der Waals surface area contributed by atoms with E-state index in [1.54, 1.807) is 6.07 Å². The molecule has 0 aliphatic rings. The van der Waals surface area contributed by atoms with Crippen molar-refractivity contribution in [2.75, 3.05) is 24.4 Å². The lowest BCUT2D eigenvalue weighted by atomic mass is 10.1. The van der Waals surface area contributed by atoms with Gasteiger partial charge in [-0.1, -0.05) is 24.3 Å². The number of nitrogens with zero attached hydrogens (tertiary/aromatic N) is 3. The Morgan fingerprint density at radius 1 is 1.27 bits per heavy atom. The number of hydrogen-bond donors (Lipinski definition) is 1. The maximum Gasteiger partial charge on any atom is 0.306 e. The summed E-state index contributed by atoms with van der Waals surface area (Å²) in [5.74, 6) is -0.978. The molecule has 0 aliphatic heterocycles. The molecule has 14 heteroatoms. The lowest BCUT2D eigenvalue weighted by Crippen LogP contribution is -2.13. The summed E-state index contributed by atoms with van der Waals surface area (Å²) in [6.07, 6.45) is 2.11. The van der Waals surface area contributed by atoms with Crippen LogP contribution < -0.4 is 14.2 Å². The topological polar surface area (TPSA) is 165 Å². The van der Waals surface area contributed by atoms with Crippen LogP contribution in [0.4, 0.5) is 5.13 Å². The molecule has 2 rings (SSSR count). The summed E-state index contributed by atoms with van der Waals surface area (Å²) in [7, 11) is -6.04. The van der Waals surface area contributed by atoms with Crippen LogP contribution in [0.5, 0.6) is 11.5 Å². The number of sulfone groups is 1. The number of aromatic nitrogens is 2. The zero-order valence-electron chi connectivity index (χ0n) is 15.9. The molecule has 11 nitrogen and oxygen atoms in total. The molecule has 0 unspecified atom stereocenters. The van der Waals surface area contributed by atoms with Gasteiger partial charge in [0.15, 0.2) is 11.5 Å². The first-order chi connectivity index (χ1) is 14.0. The maximum absolute atomic E-state index is 12.3. The lowest BCUT2D eigenvalue weighted by molar-refractivity contribution is -0.112. The number of hydrogen-bond acceptors (Lipinski definition) is 11. The standard InChI is InChI=1S/C16H16N4O7S3/c1-4-30(24,25)16-20-19-15(28-16)18-14(21)11(9-17)7-10-5-6-12(13(8-10)26-2)27-29(3,22)23/h5-8H,4H2,1-3H3,(H,18,19,21). The maximum atomic E-state index is 12.3. The summed E-state index contributed by atoms with van der Waals surface area (Å²) in [5, 5.41) is 18.7. The van der Waals surface area contributed by atoms with Gasteiger partial charge in [-0.15, -0.1) is 10.2 Å². The van der Waals surface area contributed by atoms with Crippen molar-refractivity contribution in [3.8, 4) is 17.6 Å². The average molecular weight is 473 g/mol. The van der Waals surface area contributed by atoms with Crippen molar-refractivity contribution in [2.24, 2.45) is 0 Å². The molecular formula is C16H16N4O7S3. The van der Waals surface area contributed by atoms with E-state index in [-0.39, 0.29) is 32.3 Å². The fourth-order valence-corrected chi connectivity index (χ4v) is 4.44.